The van der Waals surface area contributed by atoms with E-state index in [1.807, 2.05) is 0 Å². The summed E-state index contributed by atoms with van der Waals surface area (Å²) < 4.78 is 19.6. The number of non-ortho nitro benzene ring substituents is 1. The average molecular weight is 409 g/mol. The molecule has 8 heteroatoms. The molecule has 0 N–H and O–H groups in total. The van der Waals surface area contributed by atoms with Gasteiger partial charge in [0.15, 0.2) is 18.2 Å². The van der Waals surface area contributed by atoms with Crippen LogP contribution in [0.15, 0.2) is 40.9 Å². The Bertz CT molecular complexity index is 843. The molecule has 1 aliphatic rings. The Morgan fingerprint density at radius 1 is 1.32 bits per heavy atom. The highest BCUT2D eigenvalue weighted by Crippen LogP contribution is 2.30. The van der Waals surface area contributed by atoms with E-state index >= 15 is 0 Å². The Hall–Kier alpha value is -2.48. The number of nitrogens with zero attached hydrogens (tertiary/aromatic N) is 2. The lowest BCUT2D eigenvalue weighted by molar-refractivity contribution is -0.384. The fraction of sp³-hybridized carbons (Fsp3) is 0.235. The molecule has 0 bridgehead atoms. The first-order chi connectivity index (χ1) is 12.0. The van der Waals surface area contributed by atoms with Crippen LogP contribution in [0.3, 0.4) is 0 Å². The highest BCUT2D eigenvalue weighted by Gasteiger charge is 2.24. The third-order valence-corrected chi connectivity index (χ3v) is 4.43. The number of hydrogen-bond acceptors (Lipinski definition) is 4. The second kappa shape index (κ2) is 7.18. The summed E-state index contributed by atoms with van der Waals surface area (Å²) in [5, 5.41) is 10.9. The zero-order chi connectivity index (χ0) is 18.0. The van der Waals surface area contributed by atoms with Crippen molar-refractivity contribution in [3.8, 4) is 5.75 Å². The van der Waals surface area contributed by atoms with Crippen molar-refractivity contribution in [1.82, 2.24) is 0 Å². The number of carbonyl (C=O) groups excluding carboxylic acids is 1. The Labute approximate surface area is 151 Å². The number of amides is 1. The van der Waals surface area contributed by atoms with Crippen molar-refractivity contribution in [2.24, 2.45) is 0 Å². The molecule has 1 amide bonds. The summed E-state index contributed by atoms with van der Waals surface area (Å²) in [6, 6.07) is 8.77. The van der Waals surface area contributed by atoms with Crippen molar-refractivity contribution in [1.29, 1.82) is 0 Å². The normalized spacial score (nSPS) is 13.3. The van der Waals surface area contributed by atoms with Crippen LogP contribution in [-0.4, -0.2) is 24.0 Å². The van der Waals surface area contributed by atoms with Gasteiger partial charge in [0, 0.05) is 28.8 Å². The summed E-state index contributed by atoms with van der Waals surface area (Å²) in [6.45, 7) is 0.185. The van der Waals surface area contributed by atoms with Crippen molar-refractivity contribution >= 4 is 33.2 Å². The van der Waals surface area contributed by atoms with Gasteiger partial charge >= 0.3 is 0 Å². The van der Waals surface area contributed by atoms with Gasteiger partial charge in [-0.25, -0.2) is 4.39 Å². The van der Waals surface area contributed by atoms with Crippen LogP contribution < -0.4 is 9.64 Å². The molecule has 0 fully saturated rings. The standard InChI is InChI=1S/C17H14BrFN2O4/c18-12-3-6-16(14(19)9-12)25-10-17(22)20-7-1-2-11-8-13(21(23)24)4-5-15(11)20/h3-6,8-9H,1-2,7,10H2. The quantitative estimate of drug-likeness (QED) is 0.568. The summed E-state index contributed by atoms with van der Waals surface area (Å²) in [6.07, 6.45) is 1.37. The number of halogens is 2. The number of nitro benzene ring substituents is 1. The first-order valence-electron chi connectivity index (χ1n) is 7.61. The Kier molecular flexibility index (Phi) is 4.98. The Morgan fingerprint density at radius 3 is 2.84 bits per heavy atom. The maximum atomic E-state index is 13.8. The summed E-state index contributed by atoms with van der Waals surface area (Å²) in [5.74, 6) is -0.883. The lowest BCUT2D eigenvalue weighted by Gasteiger charge is -2.29. The molecule has 0 aliphatic carbocycles. The minimum absolute atomic E-state index is 0.00114. The molecule has 0 unspecified atom stereocenters. The highest BCUT2D eigenvalue weighted by atomic mass is 79.9. The molecule has 6 nitrogen and oxygen atoms in total. The molecular weight excluding hydrogens is 395 g/mol. The number of nitro groups is 1. The fourth-order valence-electron chi connectivity index (χ4n) is 2.77. The van der Waals surface area contributed by atoms with Crippen LogP contribution in [-0.2, 0) is 11.2 Å². The van der Waals surface area contributed by atoms with Gasteiger partial charge in [-0.2, -0.15) is 0 Å². The Balaban J connectivity index is 1.74. The van der Waals surface area contributed by atoms with Gasteiger partial charge in [-0.1, -0.05) is 15.9 Å². The van der Waals surface area contributed by atoms with Gasteiger partial charge < -0.3 is 9.64 Å². The van der Waals surface area contributed by atoms with Gasteiger partial charge in [-0.05, 0) is 42.7 Å². The minimum Gasteiger partial charge on any atom is -0.481 e. The summed E-state index contributed by atoms with van der Waals surface area (Å²) in [7, 11) is 0. The number of carbonyl (C=O) groups is 1. The van der Waals surface area contributed by atoms with E-state index in [9.17, 15) is 19.3 Å². The van der Waals surface area contributed by atoms with Gasteiger partial charge in [-0.15, -0.1) is 0 Å². The largest absolute Gasteiger partial charge is 0.481 e. The lowest BCUT2D eigenvalue weighted by Crippen LogP contribution is -2.38. The predicted octanol–water partition coefficient (Wildman–Crippen LogP) is 3.85. The molecule has 0 radical (unpaired) electrons. The molecule has 130 valence electrons. The zero-order valence-electron chi connectivity index (χ0n) is 13.1. The number of hydrogen-bond donors (Lipinski definition) is 0. The van der Waals surface area contributed by atoms with Crippen molar-refractivity contribution in [2.75, 3.05) is 18.1 Å². The average Bonchev–Trinajstić information content (AvgIpc) is 2.59. The molecule has 1 aliphatic heterocycles. The van der Waals surface area contributed by atoms with E-state index in [0.717, 1.165) is 5.56 Å². The number of aryl methyl sites for hydroxylation is 1. The van der Waals surface area contributed by atoms with Crippen molar-refractivity contribution in [3.63, 3.8) is 0 Å². The van der Waals surface area contributed by atoms with Gasteiger partial charge in [0.1, 0.15) is 0 Å². The molecule has 0 aromatic heterocycles. The molecule has 25 heavy (non-hydrogen) atoms. The van der Waals surface area contributed by atoms with Gasteiger partial charge in [-0.3, -0.25) is 14.9 Å². The van der Waals surface area contributed by atoms with Crippen molar-refractivity contribution in [3.05, 3.63) is 62.4 Å². The van der Waals surface area contributed by atoms with E-state index in [1.165, 1.54) is 29.2 Å². The van der Waals surface area contributed by atoms with Crippen molar-refractivity contribution in [2.45, 2.75) is 12.8 Å². The maximum absolute atomic E-state index is 13.8. The second-order valence-corrected chi connectivity index (χ2v) is 6.50. The molecule has 0 saturated heterocycles. The maximum Gasteiger partial charge on any atom is 0.269 e. The van der Waals surface area contributed by atoms with Crippen LogP contribution in [0.5, 0.6) is 5.75 Å². The topological polar surface area (TPSA) is 72.7 Å². The second-order valence-electron chi connectivity index (χ2n) is 5.58. The van der Waals surface area contributed by atoms with Crippen LogP contribution in [0, 0.1) is 15.9 Å². The van der Waals surface area contributed by atoms with Crippen LogP contribution >= 0.6 is 15.9 Å². The van der Waals surface area contributed by atoms with Crippen LogP contribution in [0.2, 0.25) is 0 Å². The fourth-order valence-corrected chi connectivity index (χ4v) is 3.10. The molecule has 2 aromatic carbocycles. The lowest BCUT2D eigenvalue weighted by atomic mass is 10.0. The predicted molar refractivity (Wildman–Crippen MR) is 93.4 cm³/mol. The highest BCUT2D eigenvalue weighted by molar-refractivity contribution is 9.10. The van der Waals surface area contributed by atoms with E-state index < -0.39 is 10.7 Å². The van der Waals surface area contributed by atoms with E-state index in [4.69, 9.17) is 4.74 Å². The molecule has 0 atom stereocenters. The first kappa shape index (κ1) is 17.3. The van der Waals surface area contributed by atoms with E-state index in [2.05, 4.69) is 15.9 Å². The van der Waals surface area contributed by atoms with Gasteiger partial charge in [0.05, 0.1) is 4.92 Å². The van der Waals surface area contributed by atoms with Gasteiger partial charge in [0.2, 0.25) is 0 Å². The smallest absolute Gasteiger partial charge is 0.269 e. The number of ether oxygens (including phenoxy) is 1. The molecule has 0 saturated carbocycles. The van der Waals surface area contributed by atoms with Crippen LogP contribution in [0.4, 0.5) is 15.8 Å². The van der Waals surface area contributed by atoms with Crippen molar-refractivity contribution < 1.29 is 18.8 Å². The molecule has 1 heterocycles. The van der Waals surface area contributed by atoms with E-state index in [1.54, 1.807) is 12.1 Å². The number of anilines is 1. The molecule has 2 aromatic rings. The SMILES string of the molecule is O=C(COc1ccc(Br)cc1F)N1CCCc2cc([N+](=O)[O-])ccc21. The first-order valence-corrected chi connectivity index (χ1v) is 8.40. The number of rotatable bonds is 4. The van der Waals surface area contributed by atoms with E-state index in [-0.39, 0.29) is 24.0 Å². The summed E-state index contributed by atoms with van der Waals surface area (Å²) in [5.41, 5.74) is 1.39. The monoisotopic (exact) mass is 408 g/mol. The minimum atomic E-state index is -0.558. The van der Waals surface area contributed by atoms with Crippen LogP contribution in [0.25, 0.3) is 0 Å². The summed E-state index contributed by atoms with van der Waals surface area (Å²) >= 11 is 3.15. The molecule has 3 rings (SSSR count). The number of fused-ring (bicyclic) bond motifs is 1. The zero-order valence-corrected chi connectivity index (χ0v) is 14.7. The third-order valence-electron chi connectivity index (χ3n) is 3.94. The summed E-state index contributed by atoms with van der Waals surface area (Å²) in [4.78, 5) is 24.4. The van der Waals surface area contributed by atoms with Gasteiger partial charge in [0.25, 0.3) is 11.6 Å². The molecular formula is C17H14BrFN2O4. The Morgan fingerprint density at radius 2 is 2.12 bits per heavy atom. The van der Waals surface area contributed by atoms with Crippen LogP contribution in [0.1, 0.15) is 12.0 Å². The number of benzene rings is 2. The third kappa shape index (κ3) is 3.79. The molecule has 0 spiro atoms. The van der Waals surface area contributed by atoms with E-state index in [0.29, 0.717) is 29.5 Å².